The van der Waals surface area contributed by atoms with E-state index in [-0.39, 0.29) is 0 Å². The predicted octanol–water partition coefficient (Wildman–Crippen LogP) is 7.93. The Labute approximate surface area is 175 Å². The summed E-state index contributed by atoms with van der Waals surface area (Å²) in [6.07, 6.45) is 15.7. The zero-order chi connectivity index (χ0) is 21.5. The lowest BCUT2D eigenvalue weighted by molar-refractivity contribution is 0.626. The van der Waals surface area contributed by atoms with Gasteiger partial charge in [-0.05, 0) is 55.7 Å². The summed E-state index contributed by atoms with van der Waals surface area (Å²) in [5.74, 6) is 1.43. The minimum absolute atomic E-state index is 0.543. The van der Waals surface area contributed by atoms with E-state index in [0.717, 1.165) is 30.9 Å². The molecule has 28 heavy (non-hydrogen) atoms. The first-order valence-electron chi connectivity index (χ1n) is 11.1. The summed E-state index contributed by atoms with van der Waals surface area (Å²) >= 11 is 0. The van der Waals surface area contributed by atoms with Crippen LogP contribution in [0.15, 0.2) is 48.2 Å². The SMILES string of the molecule is CC.CCC(C)C.CCC=CCC1CC=C(C)C=C1c1cc(N(C)C)ccn1. The van der Waals surface area contributed by atoms with Crippen molar-refractivity contribution in [3.8, 4) is 0 Å². The molecule has 2 nitrogen and oxygen atoms in total. The maximum Gasteiger partial charge on any atom is 0.0685 e. The van der Waals surface area contributed by atoms with Gasteiger partial charge in [0.1, 0.15) is 0 Å². The van der Waals surface area contributed by atoms with Gasteiger partial charge in [0.05, 0.1) is 5.69 Å². The molecular formula is C26H44N2. The summed E-state index contributed by atoms with van der Waals surface area (Å²) in [5.41, 5.74) is 5.04. The third-order valence-corrected chi connectivity index (χ3v) is 4.74. The minimum atomic E-state index is 0.543. The minimum Gasteiger partial charge on any atom is -0.378 e. The number of allylic oxidation sites excluding steroid dienone is 6. The largest absolute Gasteiger partial charge is 0.378 e. The van der Waals surface area contributed by atoms with Crippen molar-refractivity contribution in [2.45, 2.75) is 74.1 Å². The molecule has 1 aliphatic carbocycles. The lowest BCUT2D eigenvalue weighted by Crippen LogP contribution is -2.11. The van der Waals surface area contributed by atoms with E-state index in [1.54, 1.807) is 0 Å². The summed E-state index contributed by atoms with van der Waals surface area (Å²) < 4.78 is 0. The molecule has 0 saturated heterocycles. The second-order valence-corrected chi connectivity index (χ2v) is 7.69. The van der Waals surface area contributed by atoms with Gasteiger partial charge in [0.2, 0.25) is 0 Å². The molecule has 1 aliphatic rings. The Morgan fingerprint density at radius 3 is 2.36 bits per heavy atom. The molecule has 1 atom stereocenters. The number of hydrogen-bond donors (Lipinski definition) is 0. The molecule has 1 aromatic rings. The summed E-state index contributed by atoms with van der Waals surface area (Å²) in [6.45, 7) is 15.0. The van der Waals surface area contributed by atoms with E-state index < -0.39 is 0 Å². The zero-order valence-electron chi connectivity index (χ0n) is 19.9. The standard InChI is InChI=1S/C19H26N2.C5H12.C2H6/c1-5-6-7-8-16-10-9-15(2)13-18(16)19-14-17(21(3)4)11-12-20-19;1-4-5(2)3;1-2/h6-7,9,11-14,16H,5,8,10H2,1-4H3;5H,4H2,1-3H3;1-2H3. The van der Waals surface area contributed by atoms with Gasteiger partial charge in [0.25, 0.3) is 0 Å². The maximum absolute atomic E-state index is 4.61. The fourth-order valence-electron chi connectivity index (χ4n) is 2.67. The van der Waals surface area contributed by atoms with Crippen LogP contribution in [0.1, 0.15) is 79.8 Å². The Bertz CT molecular complexity index is 621. The fraction of sp³-hybridized carbons (Fsp3) is 0.577. The zero-order valence-corrected chi connectivity index (χ0v) is 19.9. The average Bonchev–Trinajstić information content (AvgIpc) is 2.71. The topological polar surface area (TPSA) is 16.1 Å². The van der Waals surface area contributed by atoms with E-state index in [1.807, 2.05) is 20.0 Å². The number of pyridine rings is 1. The molecule has 0 fully saturated rings. The molecule has 1 unspecified atom stereocenters. The number of hydrogen-bond acceptors (Lipinski definition) is 2. The van der Waals surface area contributed by atoms with Crippen molar-refractivity contribution in [1.29, 1.82) is 0 Å². The molecule has 0 bridgehead atoms. The van der Waals surface area contributed by atoms with Crippen molar-refractivity contribution in [2.75, 3.05) is 19.0 Å². The summed E-state index contributed by atoms with van der Waals surface area (Å²) in [5, 5.41) is 0. The highest BCUT2D eigenvalue weighted by atomic mass is 15.1. The molecule has 0 aliphatic heterocycles. The molecule has 2 rings (SSSR count). The van der Waals surface area contributed by atoms with E-state index in [1.165, 1.54) is 23.3 Å². The van der Waals surface area contributed by atoms with Crippen LogP contribution in [0.3, 0.4) is 0 Å². The number of nitrogens with zero attached hydrogens (tertiary/aromatic N) is 2. The van der Waals surface area contributed by atoms with Crippen LogP contribution in [0.25, 0.3) is 5.57 Å². The number of anilines is 1. The molecule has 0 N–H and O–H groups in total. The molecular weight excluding hydrogens is 340 g/mol. The van der Waals surface area contributed by atoms with Crippen LogP contribution in [0.5, 0.6) is 0 Å². The van der Waals surface area contributed by atoms with Crippen LogP contribution in [-0.4, -0.2) is 19.1 Å². The highest BCUT2D eigenvalue weighted by Crippen LogP contribution is 2.34. The van der Waals surface area contributed by atoms with Gasteiger partial charge in [0.15, 0.2) is 0 Å². The number of rotatable bonds is 6. The monoisotopic (exact) mass is 384 g/mol. The molecule has 1 heterocycles. The van der Waals surface area contributed by atoms with Gasteiger partial charge in [0, 0.05) is 26.0 Å². The Kier molecular flexibility index (Phi) is 14.1. The van der Waals surface area contributed by atoms with E-state index in [4.69, 9.17) is 0 Å². The third kappa shape index (κ3) is 9.92. The summed E-state index contributed by atoms with van der Waals surface area (Å²) in [6, 6.07) is 4.25. The lowest BCUT2D eigenvalue weighted by atomic mass is 9.84. The van der Waals surface area contributed by atoms with Crippen molar-refractivity contribution in [1.82, 2.24) is 4.98 Å². The van der Waals surface area contributed by atoms with Crippen molar-refractivity contribution in [3.63, 3.8) is 0 Å². The van der Waals surface area contributed by atoms with Gasteiger partial charge >= 0.3 is 0 Å². The van der Waals surface area contributed by atoms with Gasteiger partial charge in [-0.2, -0.15) is 0 Å². The smallest absolute Gasteiger partial charge is 0.0685 e. The Balaban J connectivity index is 0.000000906. The van der Waals surface area contributed by atoms with Crippen LogP contribution in [0.4, 0.5) is 5.69 Å². The molecule has 2 heteroatoms. The molecule has 0 spiro atoms. The van der Waals surface area contributed by atoms with Gasteiger partial charge in [-0.15, -0.1) is 0 Å². The van der Waals surface area contributed by atoms with Crippen LogP contribution < -0.4 is 4.90 Å². The van der Waals surface area contributed by atoms with E-state index >= 15 is 0 Å². The van der Waals surface area contributed by atoms with E-state index in [0.29, 0.717) is 5.92 Å². The summed E-state index contributed by atoms with van der Waals surface area (Å²) in [4.78, 5) is 6.74. The highest BCUT2D eigenvalue weighted by Gasteiger charge is 2.18. The first-order chi connectivity index (χ1) is 13.4. The van der Waals surface area contributed by atoms with Gasteiger partial charge in [-0.1, -0.05) is 77.8 Å². The second kappa shape index (κ2) is 15.1. The molecule has 0 amide bonds. The predicted molar refractivity (Wildman–Crippen MR) is 129 cm³/mol. The van der Waals surface area contributed by atoms with E-state index in [2.05, 4.69) is 95.0 Å². The molecule has 0 radical (unpaired) electrons. The van der Waals surface area contributed by atoms with Crippen molar-refractivity contribution in [3.05, 3.63) is 53.9 Å². The Morgan fingerprint density at radius 2 is 1.82 bits per heavy atom. The van der Waals surface area contributed by atoms with Gasteiger partial charge < -0.3 is 4.90 Å². The molecule has 0 aromatic carbocycles. The van der Waals surface area contributed by atoms with Gasteiger partial charge in [-0.25, -0.2) is 0 Å². The van der Waals surface area contributed by atoms with Gasteiger partial charge in [-0.3, -0.25) is 4.98 Å². The van der Waals surface area contributed by atoms with Crippen LogP contribution >= 0.6 is 0 Å². The first-order valence-corrected chi connectivity index (χ1v) is 11.1. The Morgan fingerprint density at radius 1 is 1.18 bits per heavy atom. The normalized spacial score (nSPS) is 15.9. The third-order valence-electron chi connectivity index (χ3n) is 4.74. The quantitative estimate of drug-likeness (QED) is 0.463. The maximum atomic E-state index is 4.61. The molecule has 0 saturated carbocycles. The van der Waals surface area contributed by atoms with Crippen molar-refractivity contribution >= 4 is 11.3 Å². The fourth-order valence-corrected chi connectivity index (χ4v) is 2.67. The van der Waals surface area contributed by atoms with E-state index in [9.17, 15) is 0 Å². The Hall–Kier alpha value is -1.83. The molecule has 1 aromatic heterocycles. The summed E-state index contributed by atoms with van der Waals surface area (Å²) in [7, 11) is 4.14. The van der Waals surface area contributed by atoms with Crippen LogP contribution in [0.2, 0.25) is 0 Å². The van der Waals surface area contributed by atoms with Crippen molar-refractivity contribution < 1.29 is 0 Å². The second-order valence-electron chi connectivity index (χ2n) is 7.69. The number of aromatic nitrogens is 1. The van der Waals surface area contributed by atoms with Crippen molar-refractivity contribution in [2.24, 2.45) is 11.8 Å². The average molecular weight is 385 g/mol. The first kappa shape index (κ1) is 26.2. The van der Waals surface area contributed by atoms with Crippen LogP contribution in [0, 0.1) is 11.8 Å². The lowest BCUT2D eigenvalue weighted by Gasteiger charge is -2.23. The van der Waals surface area contributed by atoms with Crippen LogP contribution in [-0.2, 0) is 0 Å². The highest BCUT2D eigenvalue weighted by molar-refractivity contribution is 5.71. The molecule has 158 valence electrons.